The third-order valence-corrected chi connectivity index (χ3v) is 3.71. The Morgan fingerprint density at radius 2 is 1.60 bits per heavy atom. The van der Waals surface area contributed by atoms with Crippen LogP contribution in [-0.2, 0) is 0 Å². The third-order valence-electron chi connectivity index (χ3n) is 3.71. The zero-order valence-electron chi connectivity index (χ0n) is 12.9. The first kappa shape index (κ1) is 17.1. The maximum atomic E-state index is 13.5. The number of benzene rings is 1. The van der Waals surface area contributed by atoms with Crippen molar-refractivity contribution in [2.45, 2.75) is 58.9 Å². The lowest BCUT2D eigenvalue weighted by Crippen LogP contribution is -2.29. The highest BCUT2D eigenvalue weighted by atomic mass is 19.2. The first-order chi connectivity index (χ1) is 9.63. The van der Waals surface area contributed by atoms with Crippen molar-refractivity contribution >= 4 is 0 Å². The largest absolute Gasteiger partial charge is 0.310 e. The van der Waals surface area contributed by atoms with Gasteiger partial charge >= 0.3 is 0 Å². The van der Waals surface area contributed by atoms with E-state index in [4.69, 9.17) is 0 Å². The fraction of sp³-hybridized carbons (Fsp3) is 0.647. The van der Waals surface area contributed by atoms with Crippen molar-refractivity contribution in [3.8, 4) is 0 Å². The Hall–Kier alpha value is -0.960. The van der Waals surface area contributed by atoms with Crippen molar-refractivity contribution in [2.75, 3.05) is 6.54 Å². The fourth-order valence-electron chi connectivity index (χ4n) is 2.78. The van der Waals surface area contributed by atoms with Gasteiger partial charge in [-0.05, 0) is 49.4 Å². The summed E-state index contributed by atoms with van der Waals surface area (Å²) >= 11 is 0. The quantitative estimate of drug-likeness (QED) is 0.655. The number of nitrogens with one attached hydrogen (secondary N) is 1. The molecule has 0 aliphatic rings. The zero-order valence-corrected chi connectivity index (χ0v) is 12.9. The maximum absolute atomic E-state index is 13.5. The van der Waals surface area contributed by atoms with E-state index in [1.165, 1.54) is 12.1 Å². The molecule has 0 aliphatic carbocycles. The van der Waals surface area contributed by atoms with Gasteiger partial charge in [-0.2, -0.15) is 0 Å². The van der Waals surface area contributed by atoms with Crippen LogP contribution < -0.4 is 5.32 Å². The Labute approximate surface area is 121 Å². The molecule has 0 amide bonds. The van der Waals surface area contributed by atoms with E-state index in [1.54, 1.807) is 6.07 Å². The molecule has 114 valence electrons. The van der Waals surface area contributed by atoms with Crippen molar-refractivity contribution in [1.82, 2.24) is 5.32 Å². The maximum Gasteiger partial charge on any atom is 0.159 e. The van der Waals surface area contributed by atoms with E-state index in [0.29, 0.717) is 5.92 Å². The summed E-state index contributed by atoms with van der Waals surface area (Å²) in [4.78, 5) is 0. The highest BCUT2D eigenvalue weighted by Gasteiger charge is 2.22. The Kier molecular flexibility index (Phi) is 7.75. The van der Waals surface area contributed by atoms with Gasteiger partial charge in [0.2, 0.25) is 0 Å². The van der Waals surface area contributed by atoms with Crippen LogP contribution >= 0.6 is 0 Å². The molecule has 0 saturated carbocycles. The van der Waals surface area contributed by atoms with Gasteiger partial charge in [0.05, 0.1) is 0 Å². The molecule has 1 N–H and O–H groups in total. The number of hydrogen-bond acceptors (Lipinski definition) is 1. The summed E-state index contributed by atoms with van der Waals surface area (Å²) in [6.07, 6.45) is 5.46. The summed E-state index contributed by atoms with van der Waals surface area (Å²) in [5.74, 6) is -1.05. The van der Waals surface area contributed by atoms with Crippen molar-refractivity contribution in [3.05, 3.63) is 35.4 Å². The Morgan fingerprint density at radius 3 is 2.10 bits per heavy atom. The molecule has 0 radical (unpaired) electrons. The minimum Gasteiger partial charge on any atom is -0.310 e. The Bertz CT molecular complexity index is 387. The molecule has 0 bridgehead atoms. The molecule has 1 rings (SSSR count). The molecular weight excluding hydrogens is 256 g/mol. The second kappa shape index (κ2) is 9.06. The highest BCUT2D eigenvalue weighted by molar-refractivity contribution is 5.22. The first-order valence-electron chi connectivity index (χ1n) is 7.82. The molecule has 1 atom stereocenters. The fourth-order valence-corrected chi connectivity index (χ4v) is 2.78. The van der Waals surface area contributed by atoms with Crippen LogP contribution in [0.3, 0.4) is 0 Å². The average molecular weight is 283 g/mol. The van der Waals surface area contributed by atoms with Crippen LogP contribution in [-0.4, -0.2) is 6.54 Å². The third kappa shape index (κ3) is 4.86. The molecule has 1 unspecified atom stereocenters. The van der Waals surface area contributed by atoms with E-state index in [2.05, 4.69) is 26.1 Å². The normalized spacial score (nSPS) is 12.9. The van der Waals surface area contributed by atoms with E-state index in [1.807, 2.05) is 0 Å². The molecule has 0 aromatic heterocycles. The van der Waals surface area contributed by atoms with Crippen LogP contribution in [0.4, 0.5) is 8.78 Å². The van der Waals surface area contributed by atoms with Gasteiger partial charge in [-0.3, -0.25) is 0 Å². The summed E-state index contributed by atoms with van der Waals surface area (Å²) < 4.78 is 26.6. The molecular formula is C17H27F2N. The molecule has 20 heavy (non-hydrogen) atoms. The van der Waals surface area contributed by atoms with E-state index in [0.717, 1.165) is 44.2 Å². The summed E-state index contributed by atoms with van der Waals surface area (Å²) in [5.41, 5.74) is 0.865. The van der Waals surface area contributed by atoms with Gasteiger partial charge in [-0.1, -0.05) is 39.7 Å². The molecule has 0 fully saturated rings. The molecule has 0 spiro atoms. The predicted octanol–water partition coefficient (Wildman–Crippen LogP) is 5.22. The van der Waals surface area contributed by atoms with Crippen molar-refractivity contribution in [3.63, 3.8) is 0 Å². The minimum absolute atomic E-state index is 0.116. The molecule has 0 saturated heterocycles. The van der Waals surface area contributed by atoms with Crippen LogP contribution in [0, 0.1) is 17.6 Å². The van der Waals surface area contributed by atoms with E-state index in [9.17, 15) is 8.78 Å². The second-order valence-corrected chi connectivity index (χ2v) is 5.44. The van der Waals surface area contributed by atoms with Crippen LogP contribution in [0.25, 0.3) is 0 Å². The Balaban J connectivity index is 2.98. The lowest BCUT2D eigenvalue weighted by Gasteiger charge is -2.28. The van der Waals surface area contributed by atoms with Gasteiger partial charge in [0, 0.05) is 6.04 Å². The monoisotopic (exact) mass is 283 g/mol. The van der Waals surface area contributed by atoms with Crippen LogP contribution in [0.1, 0.15) is 64.5 Å². The molecule has 1 nitrogen and oxygen atoms in total. The molecule has 0 heterocycles. The summed E-state index contributed by atoms with van der Waals surface area (Å²) in [5, 5.41) is 3.51. The van der Waals surface area contributed by atoms with E-state index >= 15 is 0 Å². The minimum atomic E-state index is -0.773. The average Bonchev–Trinajstić information content (AvgIpc) is 2.43. The van der Waals surface area contributed by atoms with Crippen molar-refractivity contribution < 1.29 is 8.78 Å². The van der Waals surface area contributed by atoms with Crippen molar-refractivity contribution in [2.24, 2.45) is 5.92 Å². The van der Waals surface area contributed by atoms with Gasteiger partial charge in [0.25, 0.3) is 0 Å². The van der Waals surface area contributed by atoms with Crippen LogP contribution in [0.2, 0.25) is 0 Å². The summed E-state index contributed by atoms with van der Waals surface area (Å²) in [6, 6.07) is 4.41. The van der Waals surface area contributed by atoms with Gasteiger partial charge in [0.15, 0.2) is 11.6 Å². The SMILES string of the molecule is CCCNC(c1ccc(F)c(F)c1)C(CCC)CCC. The number of hydrogen-bond donors (Lipinski definition) is 1. The molecule has 1 aromatic carbocycles. The number of halogens is 2. The summed E-state index contributed by atoms with van der Waals surface area (Å²) in [6.45, 7) is 7.35. The lowest BCUT2D eigenvalue weighted by molar-refractivity contribution is 0.315. The molecule has 3 heteroatoms. The predicted molar refractivity (Wildman–Crippen MR) is 80.7 cm³/mol. The van der Waals surface area contributed by atoms with Gasteiger partial charge in [0.1, 0.15) is 0 Å². The second-order valence-electron chi connectivity index (χ2n) is 5.44. The number of rotatable bonds is 9. The smallest absolute Gasteiger partial charge is 0.159 e. The van der Waals surface area contributed by atoms with Gasteiger partial charge in [-0.25, -0.2) is 8.78 Å². The standard InChI is InChI=1S/C17H27F2N/c1-4-7-13(8-5-2)17(20-11-6-3)14-9-10-15(18)16(19)12-14/h9-10,12-13,17,20H,4-8,11H2,1-3H3. The summed E-state index contributed by atoms with van der Waals surface area (Å²) in [7, 11) is 0. The zero-order chi connectivity index (χ0) is 15.0. The van der Waals surface area contributed by atoms with E-state index < -0.39 is 11.6 Å². The Morgan fingerprint density at radius 1 is 0.950 bits per heavy atom. The molecule has 1 aromatic rings. The first-order valence-corrected chi connectivity index (χ1v) is 7.82. The van der Waals surface area contributed by atoms with Crippen LogP contribution in [0.15, 0.2) is 18.2 Å². The van der Waals surface area contributed by atoms with Gasteiger partial charge < -0.3 is 5.32 Å². The highest BCUT2D eigenvalue weighted by Crippen LogP contribution is 2.30. The topological polar surface area (TPSA) is 12.0 Å². The van der Waals surface area contributed by atoms with Crippen molar-refractivity contribution in [1.29, 1.82) is 0 Å². The van der Waals surface area contributed by atoms with Gasteiger partial charge in [-0.15, -0.1) is 0 Å². The molecule has 0 aliphatic heterocycles. The lowest BCUT2D eigenvalue weighted by atomic mass is 9.86. The van der Waals surface area contributed by atoms with Crippen LogP contribution in [0.5, 0.6) is 0 Å². The van der Waals surface area contributed by atoms with E-state index in [-0.39, 0.29) is 6.04 Å².